The average molecular weight is 280 g/mol. The number of anilines is 1. The lowest BCUT2D eigenvalue weighted by molar-refractivity contribution is -0.385. The molecule has 1 atom stereocenters. The monoisotopic (exact) mass is 280 g/mol. The maximum atomic E-state index is 12.5. The van der Waals surface area contributed by atoms with Crippen molar-refractivity contribution in [2.45, 2.75) is 13.0 Å². The fraction of sp³-hybridized carbons (Fsp3) is 0.500. The van der Waals surface area contributed by atoms with E-state index >= 15 is 0 Å². The average Bonchev–Trinajstić information content (AvgIpc) is 2.45. The van der Waals surface area contributed by atoms with Gasteiger partial charge in [-0.3, -0.25) is 14.9 Å². The summed E-state index contributed by atoms with van der Waals surface area (Å²) in [7, 11) is 1.62. The number of hydrogen-bond acceptors (Lipinski definition) is 6. The Hall–Kier alpha value is -2.22. The topological polar surface area (TPSA) is 97.6 Å². The standard InChI is InChI=1S/C12H16N4O4/c1-8-7-15(3-4-20-8)12(17)10-5-9(16(18)19)6-14-11(10)13-2/h5-6,8H,3-4,7H2,1-2H3,(H,13,14). The van der Waals surface area contributed by atoms with Gasteiger partial charge in [0.1, 0.15) is 12.0 Å². The highest BCUT2D eigenvalue weighted by atomic mass is 16.6. The number of ether oxygens (including phenoxy) is 1. The van der Waals surface area contributed by atoms with Gasteiger partial charge in [0.2, 0.25) is 0 Å². The second kappa shape index (κ2) is 5.83. The highest BCUT2D eigenvalue weighted by Crippen LogP contribution is 2.21. The van der Waals surface area contributed by atoms with Crippen LogP contribution in [-0.4, -0.2) is 53.6 Å². The van der Waals surface area contributed by atoms with Gasteiger partial charge in [-0.1, -0.05) is 0 Å². The van der Waals surface area contributed by atoms with Crippen molar-refractivity contribution < 1.29 is 14.5 Å². The molecule has 1 aliphatic rings. The lowest BCUT2D eigenvalue weighted by Gasteiger charge is -2.31. The van der Waals surface area contributed by atoms with Gasteiger partial charge in [-0.2, -0.15) is 0 Å². The molecule has 2 heterocycles. The molecule has 1 N–H and O–H groups in total. The fourth-order valence-corrected chi connectivity index (χ4v) is 2.09. The molecule has 1 saturated heterocycles. The zero-order valence-corrected chi connectivity index (χ0v) is 11.3. The first-order valence-corrected chi connectivity index (χ1v) is 6.26. The first-order chi connectivity index (χ1) is 9.52. The number of aromatic nitrogens is 1. The molecule has 2 rings (SSSR count). The maximum Gasteiger partial charge on any atom is 0.288 e. The zero-order chi connectivity index (χ0) is 14.7. The van der Waals surface area contributed by atoms with Crippen molar-refractivity contribution in [2.75, 3.05) is 32.1 Å². The predicted octanol–water partition coefficient (Wildman–Crippen LogP) is 0.892. The Morgan fingerprint density at radius 2 is 2.40 bits per heavy atom. The van der Waals surface area contributed by atoms with E-state index in [1.807, 2.05) is 6.92 Å². The van der Waals surface area contributed by atoms with Crippen molar-refractivity contribution in [1.82, 2.24) is 9.88 Å². The number of nitrogens with one attached hydrogen (secondary N) is 1. The number of amides is 1. The Kier molecular flexibility index (Phi) is 4.14. The third kappa shape index (κ3) is 2.85. The van der Waals surface area contributed by atoms with Crippen molar-refractivity contribution in [3.8, 4) is 0 Å². The summed E-state index contributed by atoms with van der Waals surface area (Å²) in [4.78, 5) is 28.2. The van der Waals surface area contributed by atoms with Gasteiger partial charge in [-0.15, -0.1) is 0 Å². The van der Waals surface area contributed by atoms with Crippen LogP contribution < -0.4 is 5.32 Å². The normalized spacial score (nSPS) is 18.7. The Balaban J connectivity index is 2.31. The molecule has 0 radical (unpaired) electrons. The number of rotatable bonds is 3. The van der Waals surface area contributed by atoms with Crippen LogP contribution in [0.1, 0.15) is 17.3 Å². The van der Waals surface area contributed by atoms with Crippen LogP contribution in [0.25, 0.3) is 0 Å². The third-order valence-electron chi connectivity index (χ3n) is 3.08. The van der Waals surface area contributed by atoms with Crippen molar-refractivity contribution in [1.29, 1.82) is 0 Å². The first-order valence-electron chi connectivity index (χ1n) is 6.26. The van der Waals surface area contributed by atoms with Crippen LogP contribution in [0.4, 0.5) is 11.5 Å². The van der Waals surface area contributed by atoms with E-state index in [9.17, 15) is 14.9 Å². The molecule has 8 heteroatoms. The Labute approximate surface area is 115 Å². The van der Waals surface area contributed by atoms with Gasteiger partial charge in [-0.05, 0) is 6.92 Å². The quantitative estimate of drug-likeness (QED) is 0.652. The molecule has 0 aromatic carbocycles. The molecule has 1 fully saturated rings. The van der Waals surface area contributed by atoms with Crippen molar-refractivity contribution in [3.63, 3.8) is 0 Å². The number of nitrogens with zero attached hydrogens (tertiary/aromatic N) is 3. The summed E-state index contributed by atoms with van der Waals surface area (Å²) in [6, 6.07) is 1.25. The smallest absolute Gasteiger partial charge is 0.288 e. The van der Waals surface area contributed by atoms with Gasteiger partial charge >= 0.3 is 0 Å². The molecule has 0 saturated carbocycles. The Bertz CT molecular complexity index is 534. The number of morpholine rings is 1. The van der Waals surface area contributed by atoms with E-state index in [2.05, 4.69) is 10.3 Å². The molecule has 1 amide bonds. The minimum atomic E-state index is -0.564. The zero-order valence-electron chi connectivity index (χ0n) is 11.3. The van der Waals surface area contributed by atoms with E-state index in [4.69, 9.17) is 4.74 Å². The summed E-state index contributed by atoms with van der Waals surface area (Å²) >= 11 is 0. The summed E-state index contributed by atoms with van der Waals surface area (Å²) in [6.45, 7) is 3.27. The van der Waals surface area contributed by atoms with Crippen LogP contribution in [0.5, 0.6) is 0 Å². The number of hydrogen-bond donors (Lipinski definition) is 1. The maximum absolute atomic E-state index is 12.5. The molecule has 1 aromatic rings. The SMILES string of the molecule is CNc1ncc([N+](=O)[O-])cc1C(=O)N1CCOC(C)C1. The molecule has 1 aliphatic heterocycles. The lowest BCUT2D eigenvalue weighted by atomic mass is 10.2. The number of nitro groups is 1. The number of carbonyl (C=O) groups excluding carboxylic acids is 1. The van der Waals surface area contributed by atoms with E-state index in [1.54, 1.807) is 11.9 Å². The summed E-state index contributed by atoms with van der Waals surface area (Å²) in [6.07, 6.45) is 1.09. The van der Waals surface area contributed by atoms with Gasteiger partial charge < -0.3 is 15.0 Å². The van der Waals surface area contributed by atoms with Crippen LogP contribution in [0, 0.1) is 10.1 Å². The van der Waals surface area contributed by atoms with Crippen LogP contribution in [0.2, 0.25) is 0 Å². The summed E-state index contributed by atoms with van der Waals surface area (Å²) in [5.74, 6) is 0.0560. The summed E-state index contributed by atoms with van der Waals surface area (Å²) < 4.78 is 5.38. The lowest BCUT2D eigenvalue weighted by Crippen LogP contribution is -2.44. The fourth-order valence-electron chi connectivity index (χ4n) is 2.09. The minimum Gasteiger partial charge on any atom is -0.375 e. The summed E-state index contributed by atoms with van der Waals surface area (Å²) in [5.41, 5.74) is 0.00413. The van der Waals surface area contributed by atoms with Crippen molar-refractivity contribution in [3.05, 3.63) is 27.9 Å². The second-order valence-electron chi connectivity index (χ2n) is 4.53. The predicted molar refractivity (Wildman–Crippen MR) is 71.8 cm³/mol. The van der Waals surface area contributed by atoms with E-state index < -0.39 is 4.92 Å². The molecule has 20 heavy (non-hydrogen) atoms. The van der Waals surface area contributed by atoms with Crippen LogP contribution in [0.15, 0.2) is 12.3 Å². The minimum absolute atomic E-state index is 0.0441. The van der Waals surface area contributed by atoms with E-state index in [0.717, 1.165) is 6.20 Å². The van der Waals surface area contributed by atoms with E-state index in [0.29, 0.717) is 25.5 Å². The van der Waals surface area contributed by atoms with Gasteiger partial charge in [-0.25, -0.2) is 4.98 Å². The summed E-state index contributed by atoms with van der Waals surface area (Å²) in [5, 5.41) is 13.6. The van der Waals surface area contributed by atoms with Crippen molar-refractivity contribution in [2.24, 2.45) is 0 Å². The second-order valence-corrected chi connectivity index (χ2v) is 4.53. The van der Waals surface area contributed by atoms with E-state index in [-0.39, 0.29) is 23.3 Å². The third-order valence-corrected chi connectivity index (χ3v) is 3.08. The molecule has 8 nitrogen and oxygen atoms in total. The van der Waals surface area contributed by atoms with Gasteiger partial charge in [0.15, 0.2) is 0 Å². The molecule has 1 aromatic heterocycles. The van der Waals surface area contributed by atoms with Crippen LogP contribution in [-0.2, 0) is 4.74 Å². The Morgan fingerprint density at radius 3 is 3.00 bits per heavy atom. The molecular formula is C12H16N4O4. The van der Waals surface area contributed by atoms with Gasteiger partial charge in [0.05, 0.1) is 23.2 Å². The first kappa shape index (κ1) is 14.2. The highest BCUT2D eigenvalue weighted by Gasteiger charge is 2.26. The van der Waals surface area contributed by atoms with Gasteiger partial charge in [0, 0.05) is 26.2 Å². The number of carbonyl (C=O) groups is 1. The Morgan fingerprint density at radius 1 is 1.65 bits per heavy atom. The van der Waals surface area contributed by atoms with Crippen LogP contribution in [0.3, 0.4) is 0 Å². The molecule has 0 bridgehead atoms. The molecule has 0 spiro atoms. The molecule has 1 unspecified atom stereocenters. The van der Waals surface area contributed by atoms with Crippen molar-refractivity contribution >= 4 is 17.4 Å². The highest BCUT2D eigenvalue weighted by molar-refractivity contribution is 5.99. The van der Waals surface area contributed by atoms with E-state index in [1.165, 1.54) is 6.07 Å². The molecule has 0 aliphatic carbocycles. The molecule has 108 valence electrons. The number of pyridine rings is 1. The largest absolute Gasteiger partial charge is 0.375 e. The van der Waals surface area contributed by atoms with Gasteiger partial charge in [0.25, 0.3) is 11.6 Å². The molecular weight excluding hydrogens is 264 g/mol. The van der Waals surface area contributed by atoms with Crippen LogP contribution >= 0.6 is 0 Å².